The van der Waals surface area contributed by atoms with Crippen LogP contribution in [0.4, 0.5) is 0 Å². The van der Waals surface area contributed by atoms with Crippen LogP contribution >= 0.6 is 0 Å². The molecule has 150 valence electrons. The van der Waals surface area contributed by atoms with E-state index in [1.54, 1.807) is 0 Å². The fourth-order valence-electron chi connectivity index (χ4n) is 3.17. The molecule has 1 aromatic rings. The van der Waals surface area contributed by atoms with Gasteiger partial charge in [0.25, 0.3) is 5.91 Å². The molecule has 1 fully saturated rings. The fraction of sp³-hybridized carbons (Fsp3) is 0.619. The summed E-state index contributed by atoms with van der Waals surface area (Å²) in [4.78, 5) is 24.6. The Morgan fingerprint density at radius 3 is 2.59 bits per heavy atom. The number of rotatable bonds is 9. The normalized spacial score (nSPS) is 15.4. The average molecular weight is 376 g/mol. The standard InChI is InChI=1S/C21H32N2O4/c1-18(24)27-17-21(25)22-11-8-14-26-20-10-7-9-19(15-20)16-23-12-5-3-2-4-6-13-23/h7,9-10,15H,2-6,8,11-14,16-17H2,1H3,(H,22,25). The molecule has 0 bridgehead atoms. The van der Waals surface area contributed by atoms with Crippen molar-refractivity contribution in [2.75, 3.05) is 32.8 Å². The summed E-state index contributed by atoms with van der Waals surface area (Å²) >= 11 is 0. The van der Waals surface area contributed by atoms with E-state index in [2.05, 4.69) is 27.1 Å². The van der Waals surface area contributed by atoms with Gasteiger partial charge >= 0.3 is 5.97 Å². The summed E-state index contributed by atoms with van der Waals surface area (Å²) in [6.07, 6.45) is 7.34. The lowest BCUT2D eigenvalue weighted by atomic mass is 10.1. The molecule has 0 unspecified atom stereocenters. The molecule has 1 N–H and O–H groups in total. The molecule has 1 aliphatic heterocycles. The summed E-state index contributed by atoms with van der Waals surface area (Å²) in [7, 11) is 0. The molecule has 1 aromatic carbocycles. The number of esters is 1. The van der Waals surface area contributed by atoms with Gasteiger partial charge in [-0.05, 0) is 50.0 Å². The summed E-state index contributed by atoms with van der Waals surface area (Å²) in [6, 6.07) is 8.27. The minimum absolute atomic E-state index is 0.227. The molecule has 6 heteroatoms. The van der Waals surface area contributed by atoms with Crippen LogP contribution in [0, 0.1) is 0 Å². The van der Waals surface area contributed by atoms with Gasteiger partial charge in [0, 0.05) is 20.0 Å². The van der Waals surface area contributed by atoms with Crippen molar-refractivity contribution in [2.24, 2.45) is 0 Å². The third kappa shape index (κ3) is 9.43. The monoisotopic (exact) mass is 376 g/mol. The van der Waals surface area contributed by atoms with Crippen molar-refractivity contribution in [3.63, 3.8) is 0 Å². The van der Waals surface area contributed by atoms with E-state index in [1.807, 2.05) is 12.1 Å². The van der Waals surface area contributed by atoms with E-state index in [9.17, 15) is 9.59 Å². The van der Waals surface area contributed by atoms with Gasteiger partial charge in [-0.15, -0.1) is 0 Å². The van der Waals surface area contributed by atoms with Crippen LogP contribution in [0.15, 0.2) is 24.3 Å². The molecule has 0 saturated carbocycles. The van der Waals surface area contributed by atoms with Crippen LogP contribution < -0.4 is 10.1 Å². The third-order valence-corrected chi connectivity index (χ3v) is 4.57. The lowest BCUT2D eigenvalue weighted by Crippen LogP contribution is -2.29. The highest BCUT2D eigenvalue weighted by Gasteiger charge is 2.09. The molecule has 1 heterocycles. The molecule has 0 atom stereocenters. The largest absolute Gasteiger partial charge is 0.494 e. The zero-order valence-electron chi connectivity index (χ0n) is 16.4. The topological polar surface area (TPSA) is 67.9 Å². The number of ether oxygens (including phenoxy) is 2. The number of hydrogen-bond donors (Lipinski definition) is 1. The van der Waals surface area contributed by atoms with Gasteiger partial charge < -0.3 is 14.8 Å². The maximum Gasteiger partial charge on any atom is 0.303 e. The van der Waals surface area contributed by atoms with Crippen LogP contribution in [0.5, 0.6) is 5.75 Å². The molecule has 6 nitrogen and oxygen atoms in total. The molecular weight excluding hydrogens is 344 g/mol. The molecule has 1 amide bonds. The van der Waals surface area contributed by atoms with Crippen LogP contribution in [0.1, 0.15) is 51.0 Å². The van der Waals surface area contributed by atoms with E-state index >= 15 is 0 Å². The van der Waals surface area contributed by atoms with E-state index in [1.165, 1.54) is 57.7 Å². The zero-order chi connectivity index (χ0) is 19.3. The van der Waals surface area contributed by atoms with Gasteiger partial charge in [0.15, 0.2) is 6.61 Å². The second kappa shape index (κ2) is 12.3. The summed E-state index contributed by atoms with van der Waals surface area (Å²) < 4.78 is 10.4. The Balaban J connectivity index is 1.66. The first kappa shape index (κ1) is 21.2. The minimum Gasteiger partial charge on any atom is -0.494 e. The van der Waals surface area contributed by atoms with Crippen molar-refractivity contribution >= 4 is 11.9 Å². The first-order valence-corrected chi connectivity index (χ1v) is 9.97. The maximum absolute atomic E-state index is 11.4. The number of amides is 1. The number of carbonyl (C=O) groups is 2. The Bertz CT molecular complexity index is 583. The van der Waals surface area contributed by atoms with Crippen molar-refractivity contribution in [1.29, 1.82) is 0 Å². The SMILES string of the molecule is CC(=O)OCC(=O)NCCCOc1cccc(CN2CCCCCCC2)c1. The Hall–Kier alpha value is -2.08. The zero-order valence-corrected chi connectivity index (χ0v) is 16.4. The van der Waals surface area contributed by atoms with Crippen LogP contribution in [0.3, 0.4) is 0 Å². The molecule has 2 rings (SSSR count). The fourth-order valence-corrected chi connectivity index (χ4v) is 3.17. The van der Waals surface area contributed by atoms with Gasteiger partial charge in [-0.1, -0.05) is 31.4 Å². The number of hydrogen-bond acceptors (Lipinski definition) is 5. The van der Waals surface area contributed by atoms with Gasteiger partial charge in [-0.2, -0.15) is 0 Å². The Kier molecular flexibility index (Phi) is 9.69. The predicted molar refractivity (Wildman–Crippen MR) is 105 cm³/mol. The summed E-state index contributed by atoms with van der Waals surface area (Å²) in [5, 5.41) is 2.70. The van der Waals surface area contributed by atoms with Crippen LogP contribution in [0.25, 0.3) is 0 Å². The minimum atomic E-state index is -0.455. The predicted octanol–water partition coefficient (Wildman–Crippen LogP) is 2.90. The molecule has 0 aromatic heterocycles. The second-order valence-electron chi connectivity index (χ2n) is 7.02. The Morgan fingerprint density at radius 1 is 1.11 bits per heavy atom. The van der Waals surface area contributed by atoms with Gasteiger partial charge in [0.05, 0.1) is 6.61 Å². The van der Waals surface area contributed by atoms with Gasteiger partial charge in [-0.25, -0.2) is 0 Å². The lowest BCUT2D eigenvalue weighted by molar-refractivity contribution is -0.146. The maximum atomic E-state index is 11.4. The molecule has 1 saturated heterocycles. The molecule has 0 aliphatic carbocycles. The summed E-state index contributed by atoms with van der Waals surface area (Å²) in [6.45, 7) is 5.41. The smallest absolute Gasteiger partial charge is 0.303 e. The first-order valence-electron chi connectivity index (χ1n) is 9.97. The van der Waals surface area contributed by atoms with Gasteiger partial charge in [0.2, 0.25) is 0 Å². The number of carbonyl (C=O) groups excluding carboxylic acids is 2. The van der Waals surface area contributed by atoms with E-state index < -0.39 is 5.97 Å². The third-order valence-electron chi connectivity index (χ3n) is 4.57. The lowest BCUT2D eigenvalue weighted by Gasteiger charge is -2.24. The quantitative estimate of drug-likeness (QED) is 0.530. The molecule has 0 spiro atoms. The van der Waals surface area contributed by atoms with Crippen LogP contribution in [-0.4, -0.2) is 49.6 Å². The first-order chi connectivity index (χ1) is 13.1. The van der Waals surface area contributed by atoms with Crippen molar-refractivity contribution < 1.29 is 19.1 Å². The second-order valence-corrected chi connectivity index (χ2v) is 7.02. The Morgan fingerprint density at radius 2 is 1.85 bits per heavy atom. The number of benzene rings is 1. The number of nitrogens with one attached hydrogen (secondary N) is 1. The highest BCUT2D eigenvalue weighted by atomic mass is 16.5. The van der Waals surface area contributed by atoms with Gasteiger partial charge in [-0.3, -0.25) is 14.5 Å². The van der Waals surface area contributed by atoms with E-state index in [-0.39, 0.29) is 12.5 Å². The van der Waals surface area contributed by atoms with Crippen molar-refractivity contribution in [2.45, 2.75) is 52.0 Å². The highest BCUT2D eigenvalue weighted by molar-refractivity contribution is 5.79. The molecule has 27 heavy (non-hydrogen) atoms. The molecule has 0 radical (unpaired) electrons. The average Bonchev–Trinajstić information content (AvgIpc) is 2.62. The van der Waals surface area contributed by atoms with Crippen LogP contribution in [0.2, 0.25) is 0 Å². The summed E-state index contributed by atoms with van der Waals surface area (Å²) in [5.74, 6) is 0.121. The van der Waals surface area contributed by atoms with Crippen molar-refractivity contribution in [1.82, 2.24) is 10.2 Å². The number of nitrogens with zero attached hydrogens (tertiary/aromatic N) is 1. The van der Waals surface area contributed by atoms with E-state index in [0.29, 0.717) is 19.6 Å². The molecular formula is C21H32N2O4. The Labute approximate surface area is 162 Å². The van der Waals surface area contributed by atoms with E-state index in [0.717, 1.165) is 12.3 Å². The van der Waals surface area contributed by atoms with E-state index in [4.69, 9.17) is 4.74 Å². The van der Waals surface area contributed by atoms with Crippen molar-refractivity contribution in [3.8, 4) is 5.75 Å². The summed E-state index contributed by atoms with van der Waals surface area (Å²) in [5.41, 5.74) is 1.28. The number of likely N-dealkylation sites (tertiary alicyclic amines) is 1. The molecule has 1 aliphatic rings. The van der Waals surface area contributed by atoms with Gasteiger partial charge in [0.1, 0.15) is 5.75 Å². The van der Waals surface area contributed by atoms with Crippen LogP contribution in [-0.2, 0) is 20.9 Å². The highest BCUT2D eigenvalue weighted by Crippen LogP contribution is 2.17. The van der Waals surface area contributed by atoms with Crippen molar-refractivity contribution in [3.05, 3.63) is 29.8 Å².